The zero-order chi connectivity index (χ0) is 18.9. The number of carbonyl (C=O) groups is 1. The van der Waals surface area contributed by atoms with Crippen molar-refractivity contribution in [2.75, 3.05) is 7.11 Å². The van der Waals surface area contributed by atoms with Crippen LogP contribution in [0.2, 0.25) is 0 Å². The summed E-state index contributed by atoms with van der Waals surface area (Å²) in [6, 6.07) is 9.99. The number of hydrogen-bond acceptors (Lipinski definition) is 4. The summed E-state index contributed by atoms with van der Waals surface area (Å²) in [5.74, 6) is -0.372. The Kier molecular flexibility index (Phi) is 6.68. The highest BCUT2D eigenvalue weighted by atomic mass is 16.6. The highest BCUT2D eigenvalue weighted by molar-refractivity contribution is 5.73. The summed E-state index contributed by atoms with van der Waals surface area (Å²) in [5.41, 5.74) is 2.41. The molecule has 0 spiro atoms. The second-order valence-corrected chi connectivity index (χ2v) is 5.38. The van der Waals surface area contributed by atoms with Crippen LogP contribution in [0.25, 0.3) is 17.3 Å². The van der Waals surface area contributed by atoms with Gasteiger partial charge in [0, 0.05) is 23.5 Å². The van der Waals surface area contributed by atoms with Crippen LogP contribution < -0.4 is 0 Å². The first-order valence-corrected chi connectivity index (χ1v) is 8.04. The molecule has 0 N–H and O–H groups in total. The molecule has 134 valence electrons. The molecule has 1 aromatic heterocycles. The SMILES string of the molecule is C\C=C/C=C\C=C\c1ccc(-c2ccc([N+](=O)[O-])cc2)n1CC(=O)OC. The number of hydrogen-bond donors (Lipinski definition) is 0. The van der Waals surface area contributed by atoms with Gasteiger partial charge in [0.25, 0.3) is 5.69 Å². The first-order chi connectivity index (χ1) is 12.6. The van der Waals surface area contributed by atoms with E-state index >= 15 is 0 Å². The summed E-state index contributed by atoms with van der Waals surface area (Å²) in [5, 5.41) is 10.8. The van der Waals surface area contributed by atoms with Gasteiger partial charge in [-0.15, -0.1) is 0 Å². The number of benzene rings is 1. The van der Waals surface area contributed by atoms with E-state index in [4.69, 9.17) is 4.74 Å². The van der Waals surface area contributed by atoms with E-state index in [-0.39, 0.29) is 18.2 Å². The highest BCUT2D eigenvalue weighted by Gasteiger charge is 2.13. The minimum atomic E-state index is -0.442. The molecule has 0 amide bonds. The van der Waals surface area contributed by atoms with Gasteiger partial charge in [0.1, 0.15) is 6.54 Å². The molecule has 2 rings (SSSR count). The molecule has 2 aromatic rings. The fourth-order valence-electron chi connectivity index (χ4n) is 2.40. The molecule has 0 aliphatic heterocycles. The van der Waals surface area contributed by atoms with Crippen molar-refractivity contribution >= 4 is 17.7 Å². The third kappa shape index (κ3) is 4.80. The topological polar surface area (TPSA) is 74.4 Å². The molecular weight excluding hydrogens is 332 g/mol. The molecule has 0 saturated heterocycles. The third-order valence-corrected chi connectivity index (χ3v) is 3.70. The number of nitrogens with zero attached hydrogens (tertiary/aromatic N) is 2. The van der Waals surface area contributed by atoms with E-state index < -0.39 is 4.92 Å². The van der Waals surface area contributed by atoms with E-state index in [2.05, 4.69) is 0 Å². The van der Waals surface area contributed by atoms with Gasteiger partial charge in [0.15, 0.2) is 0 Å². The lowest BCUT2D eigenvalue weighted by Crippen LogP contribution is -2.13. The van der Waals surface area contributed by atoms with Crippen LogP contribution in [0.1, 0.15) is 12.6 Å². The second kappa shape index (κ2) is 9.17. The van der Waals surface area contributed by atoms with E-state index in [0.29, 0.717) is 0 Å². The van der Waals surface area contributed by atoms with Gasteiger partial charge in [-0.1, -0.05) is 30.4 Å². The zero-order valence-corrected chi connectivity index (χ0v) is 14.7. The van der Waals surface area contributed by atoms with Crippen molar-refractivity contribution in [2.45, 2.75) is 13.5 Å². The number of ether oxygens (including phenoxy) is 1. The summed E-state index contributed by atoms with van der Waals surface area (Å²) >= 11 is 0. The molecule has 1 heterocycles. The fraction of sp³-hybridized carbons (Fsp3) is 0.150. The maximum absolute atomic E-state index is 11.8. The summed E-state index contributed by atoms with van der Waals surface area (Å²) in [6.07, 6.45) is 11.4. The number of allylic oxidation sites excluding steroid dienone is 5. The number of methoxy groups -OCH3 is 1. The molecular formula is C20H20N2O4. The van der Waals surface area contributed by atoms with Crippen LogP contribution in [0.3, 0.4) is 0 Å². The van der Waals surface area contributed by atoms with E-state index in [9.17, 15) is 14.9 Å². The highest BCUT2D eigenvalue weighted by Crippen LogP contribution is 2.25. The van der Waals surface area contributed by atoms with Crippen LogP contribution in [0.4, 0.5) is 5.69 Å². The molecule has 0 atom stereocenters. The van der Waals surface area contributed by atoms with Gasteiger partial charge in [0.2, 0.25) is 0 Å². The zero-order valence-electron chi connectivity index (χ0n) is 14.7. The van der Waals surface area contributed by atoms with Gasteiger partial charge in [-0.3, -0.25) is 14.9 Å². The smallest absolute Gasteiger partial charge is 0.325 e. The average Bonchev–Trinajstić information content (AvgIpc) is 3.04. The Labute approximate surface area is 151 Å². The average molecular weight is 352 g/mol. The lowest BCUT2D eigenvalue weighted by atomic mass is 10.1. The van der Waals surface area contributed by atoms with Crippen molar-refractivity contribution in [3.05, 3.63) is 82.6 Å². The Bertz CT molecular complexity index is 858. The monoisotopic (exact) mass is 352 g/mol. The van der Waals surface area contributed by atoms with Crippen molar-refractivity contribution in [3.63, 3.8) is 0 Å². The van der Waals surface area contributed by atoms with Crippen molar-refractivity contribution < 1.29 is 14.5 Å². The lowest BCUT2D eigenvalue weighted by molar-refractivity contribution is -0.384. The van der Waals surface area contributed by atoms with Gasteiger partial charge in [0.05, 0.1) is 12.0 Å². The van der Waals surface area contributed by atoms with Gasteiger partial charge in [-0.2, -0.15) is 0 Å². The van der Waals surface area contributed by atoms with Gasteiger partial charge >= 0.3 is 5.97 Å². The van der Waals surface area contributed by atoms with Crippen LogP contribution >= 0.6 is 0 Å². The number of nitro benzene ring substituents is 1. The Morgan fingerprint density at radius 2 is 1.81 bits per heavy atom. The normalized spacial score (nSPS) is 11.6. The molecule has 0 fully saturated rings. The third-order valence-electron chi connectivity index (χ3n) is 3.70. The van der Waals surface area contributed by atoms with E-state index in [1.807, 2.05) is 60.1 Å². The van der Waals surface area contributed by atoms with Crippen molar-refractivity contribution in [1.82, 2.24) is 4.57 Å². The standard InChI is InChI=1S/C20H20N2O4/c1-3-4-5-6-7-8-17-13-14-19(21(17)15-20(23)26-2)16-9-11-18(12-10-16)22(24)25/h3-14H,15H2,1-2H3/b4-3-,6-5-,8-7+. The van der Waals surface area contributed by atoms with Crippen molar-refractivity contribution in [2.24, 2.45) is 0 Å². The molecule has 0 aliphatic carbocycles. The summed E-state index contributed by atoms with van der Waals surface area (Å²) in [7, 11) is 1.34. The molecule has 1 aromatic carbocycles. The summed E-state index contributed by atoms with van der Waals surface area (Å²) in [4.78, 5) is 22.2. The van der Waals surface area contributed by atoms with Crippen LogP contribution in [-0.2, 0) is 16.1 Å². The Morgan fingerprint density at radius 3 is 2.42 bits per heavy atom. The largest absolute Gasteiger partial charge is 0.468 e. The summed E-state index contributed by atoms with van der Waals surface area (Å²) < 4.78 is 6.59. The Hall–Kier alpha value is -3.41. The van der Waals surface area contributed by atoms with Gasteiger partial charge < -0.3 is 9.30 Å². The number of esters is 1. The van der Waals surface area contributed by atoms with E-state index in [1.165, 1.54) is 19.2 Å². The Morgan fingerprint density at radius 1 is 1.12 bits per heavy atom. The summed E-state index contributed by atoms with van der Waals surface area (Å²) in [6.45, 7) is 1.99. The van der Waals surface area contributed by atoms with Crippen LogP contribution in [0.5, 0.6) is 0 Å². The molecule has 0 bridgehead atoms. The number of non-ortho nitro benzene ring substituents is 1. The van der Waals surface area contributed by atoms with Crippen molar-refractivity contribution in [3.8, 4) is 11.3 Å². The van der Waals surface area contributed by atoms with Crippen molar-refractivity contribution in [1.29, 1.82) is 0 Å². The van der Waals surface area contributed by atoms with Crippen LogP contribution in [0.15, 0.2) is 66.8 Å². The maximum Gasteiger partial charge on any atom is 0.325 e. The van der Waals surface area contributed by atoms with Gasteiger partial charge in [-0.05, 0) is 42.8 Å². The number of aromatic nitrogens is 1. The molecule has 0 saturated carbocycles. The molecule has 26 heavy (non-hydrogen) atoms. The minimum Gasteiger partial charge on any atom is -0.468 e. The maximum atomic E-state index is 11.8. The predicted octanol–water partition coefficient (Wildman–Crippen LogP) is 4.38. The first-order valence-electron chi connectivity index (χ1n) is 8.04. The lowest BCUT2D eigenvalue weighted by Gasteiger charge is -2.11. The Balaban J connectivity index is 2.38. The molecule has 0 unspecified atom stereocenters. The predicted molar refractivity (Wildman–Crippen MR) is 102 cm³/mol. The number of carbonyl (C=O) groups excluding carboxylic acids is 1. The number of nitro groups is 1. The van der Waals surface area contributed by atoms with E-state index in [0.717, 1.165) is 17.0 Å². The fourth-order valence-corrected chi connectivity index (χ4v) is 2.40. The molecule has 0 radical (unpaired) electrons. The van der Waals surface area contributed by atoms with Gasteiger partial charge in [-0.25, -0.2) is 0 Å². The second-order valence-electron chi connectivity index (χ2n) is 5.38. The molecule has 0 aliphatic rings. The van der Waals surface area contributed by atoms with Crippen LogP contribution in [-0.4, -0.2) is 22.6 Å². The quantitative estimate of drug-likeness (QED) is 0.321. The first kappa shape index (κ1) is 18.9. The molecule has 6 heteroatoms. The van der Waals surface area contributed by atoms with E-state index in [1.54, 1.807) is 12.1 Å². The number of rotatable bonds is 7. The molecule has 6 nitrogen and oxygen atoms in total. The minimum absolute atomic E-state index is 0.0223. The van der Waals surface area contributed by atoms with Crippen LogP contribution in [0, 0.1) is 10.1 Å².